The molecule has 28 heavy (non-hydrogen) atoms. The molecule has 1 aromatic carbocycles. The van der Waals surface area contributed by atoms with E-state index in [1.165, 1.54) is 5.56 Å². The predicted molar refractivity (Wildman–Crippen MR) is 109 cm³/mol. The molecule has 0 aliphatic carbocycles. The molecular formula is C20H25N7O. The molecule has 0 saturated heterocycles. The largest absolute Gasteiger partial charge is 0.394 e. The van der Waals surface area contributed by atoms with Crippen LogP contribution in [0.15, 0.2) is 65.7 Å². The number of aromatic nitrogens is 2. The molecule has 2 atom stereocenters. The number of benzene rings is 1. The van der Waals surface area contributed by atoms with E-state index in [1.807, 2.05) is 54.6 Å². The van der Waals surface area contributed by atoms with Crippen LogP contribution in [0.25, 0.3) is 0 Å². The standard InChI is InChI=1S/C20H25N7O/c1-14-11-18(26-25-14)24-20-23-17(12-19-21-9-10-27(19)20)22-16(13-28)8-7-15-5-3-2-4-6-15/h2-6,9-12,16,19,21-22,28H,7-8,13H2,1H3,(H2,23,24,25,26)/t16-,19?/m1/s1. The van der Waals surface area contributed by atoms with Crippen LogP contribution in [0.3, 0.4) is 0 Å². The summed E-state index contributed by atoms with van der Waals surface area (Å²) in [6.07, 6.45) is 7.50. The molecule has 146 valence electrons. The Balaban J connectivity index is 1.44. The van der Waals surface area contributed by atoms with E-state index in [1.54, 1.807) is 0 Å². The molecule has 8 heteroatoms. The predicted octanol–water partition coefficient (Wildman–Crippen LogP) is 1.63. The smallest absolute Gasteiger partial charge is 0.212 e. The number of aliphatic hydroxyl groups excluding tert-OH is 1. The van der Waals surface area contributed by atoms with Crippen molar-refractivity contribution in [2.75, 3.05) is 11.9 Å². The number of H-pyrrole nitrogens is 1. The van der Waals surface area contributed by atoms with Crippen LogP contribution in [-0.4, -0.2) is 45.0 Å². The molecule has 0 fully saturated rings. The van der Waals surface area contributed by atoms with Crippen molar-refractivity contribution >= 4 is 11.8 Å². The van der Waals surface area contributed by atoms with Gasteiger partial charge in [-0.05, 0) is 25.3 Å². The number of guanidine groups is 1. The molecule has 0 saturated carbocycles. The van der Waals surface area contributed by atoms with Crippen LogP contribution >= 0.6 is 0 Å². The van der Waals surface area contributed by atoms with Gasteiger partial charge in [0, 0.05) is 30.2 Å². The molecule has 8 nitrogen and oxygen atoms in total. The lowest BCUT2D eigenvalue weighted by Gasteiger charge is -2.30. The fourth-order valence-electron chi connectivity index (χ4n) is 3.26. The van der Waals surface area contributed by atoms with Gasteiger partial charge in [-0.25, -0.2) is 0 Å². The Morgan fingerprint density at radius 3 is 2.89 bits per heavy atom. The van der Waals surface area contributed by atoms with Gasteiger partial charge in [-0.3, -0.25) is 10.00 Å². The molecule has 2 aliphatic heterocycles. The fraction of sp³-hybridized carbons (Fsp3) is 0.300. The highest BCUT2D eigenvalue weighted by molar-refractivity contribution is 5.95. The van der Waals surface area contributed by atoms with E-state index >= 15 is 0 Å². The lowest BCUT2D eigenvalue weighted by atomic mass is 10.1. The van der Waals surface area contributed by atoms with Gasteiger partial charge in [-0.1, -0.05) is 30.3 Å². The van der Waals surface area contributed by atoms with Crippen LogP contribution in [0.2, 0.25) is 0 Å². The van der Waals surface area contributed by atoms with E-state index < -0.39 is 0 Å². The minimum absolute atomic E-state index is 0.0315. The van der Waals surface area contributed by atoms with Crippen molar-refractivity contribution in [3.8, 4) is 0 Å². The van der Waals surface area contributed by atoms with Crippen molar-refractivity contribution in [3.05, 3.63) is 72.0 Å². The summed E-state index contributed by atoms with van der Waals surface area (Å²) in [6.45, 7) is 1.99. The summed E-state index contributed by atoms with van der Waals surface area (Å²) in [7, 11) is 0. The van der Waals surface area contributed by atoms with Gasteiger partial charge in [0.2, 0.25) is 5.96 Å². The molecule has 2 aliphatic rings. The highest BCUT2D eigenvalue weighted by Gasteiger charge is 2.27. The van der Waals surface area contributed by atoms with Crippen LogP contribution in [0.5, 0.6) is 0 Å². The van der Waals surface area contributed by atoms with E-state index in [-0.39, 0.29) is 18.8 Å². The van der Waals surface area contributed by atoms with Crippen LogP contribution in [0.1, 0.15) is 17.7 Å². The van der Waals surface area contributed by atoms with Gasteiger partial charge >= 0.3 is 0 Å². The SMILES string of the molecule is Cc1cc(NC2=NC(N[C@@H](CO)CCc3ccccc3)=CC3NC=CN23)n[nH]1. The average molecular weight is 379 g/mol. The Kier molecular flexibility index (Phi) is 5.29. The number of aryl methyl sites for hydroxylation is 2. The van der Waals surface area contributed by atoms with Crippen molar-refractivity contribution in [1.82, 2.24) is 25.7 Å². The monoisotopic (exact) mass is 379 g/mol. The Labute approximate surface area is 164 Å². The number of aliphatic hydroxyl groups is 1. The second-order valence-corrected chi connectivity index (χ2v) is 6.93. The van der Waals surface area contributed by atoms with Gasteiger partial charge < -0.3 is 21.1 Å². The van der Waals surface area contributed by atoms with Crippen LogP contribution in [0.4, 0.5) is 5.82 Å². The minimum Gasteiger partial charge on any atom is -0.394 e. The minimum atomic E-state index is -0.0787. The third kappa shape index (κ3) is 4.17. The van der Waals surface area contributed by atoms with E-state index in [0.29, 0.717) is 11.8 Å². The first kappa shape index (κ1) is 18.1. The summed E-state index contributed by atoms with van der Waals surface area (Å²) in [5.41, 5.74) is 2.23. The summed E-state index contributed by atoms with van der Waals surface area (Å²) in [6, 6.07) is 12.1. The van der Waals surface area contributed by atoms with Gasteiger partial charge in [0.05, 0.1) is 12.6 Å². The van der Waals surface area contributed by atoms with Gasteiger partial charge in [0.1, 0.15) is 12.0 Å². The number of nitrogens with zero attached hydrogens (tertiary/aromatic N) is 3. The number of aromatic amines is 1. The van der Waals surface area contributed by atoms with E-state index in [4.69, 9.17) is 4.99 Å². The lowest BCUT2D eigenvalue weighted by molar-refractivity contribution is 0.242. The molecule has 1 aromatic heterocycles. The quantitative estimate of drug-likeness (QED) is 0.501. The number of hydrogen-bond donors (Lipinski definition) is 5. The average Bonchev–Trinajstić information content (AvgIpc) is 3.35. The Hall–Kier alpha value is -3.26. The number of anilines is 1. The van der Waals surface area contributed by atoms with Gasteiger partial charge in [0.25, 0.3) is 0 Å². The number of nitrogens with one attached hydrogen (secondary N) is 4. The molecular weight excluding hydrogens is 354 g/mol. The highest BCUT2D eigenvalue weighted by atomic mass is 16.3. The highest BCUT2D eigenvalue weighted by Crippen LogP contribution is 2.18. The summed E-state index contributed by atoms with van der Waals surface area (Å²) >= 11 is 0. The van der Waals surface area contributed by atoms with E-state index in [2.05, 4.69) is 38.3 Å². The first-order chi connectivity index (χ1) is 13.7. The summed E-state index contributed by atoms with van der Waals surface area (Å²) in [4.78, 5) is 6.69. The third-order valence-electron chi connectivity index (χ3n) is 4.73. The maximum absolute atomic E-state index is 9.82. The van der Waals surface area contributed by atoms with Crippen molar-refractivity contribution in [3.63, 3.8) is 0 Å². The maximum atomic E-state index is 9.82. The number of fused-ring (bicyclic) bond motifs is 1. The maximum Gasteiger partial charge on any atom is 0.212 e. The number of hydrogen-bond acceptors (Lipinski definition) is 7. The van der Waals surface area contributed by atoms with Crippen molar-refractivity contribution < 1.29 is 5.11 Å². The molecule has 0 bridgehead atoms. The second kappa shape index (κ2) is 8.18. The first-order valence-corrected chi connectivity index (χ1v) is 9.43. The van der Waals surface area contributed by atoms with E-state index in [0.717, 1.165) is 24.4 Å². The summed E-state index contributed by atoms with van der Waals surface area (Å²) in [5, 5.41) is 26.9. The Bertz CT molecular complexity index is 887. The summed E-state index contributed by atoms with van der Waals surface area (Å²) in [5.74, 6) is 2.10. The molecule has 0 amide bonds. The Morgan fingerprint density at radius 2 is 2.14 bits per heavy atom. The molecule has 2 aromatic rings. The molecule has 3 heterocycles. The fourth-order valence-corrected chi connectivity index (χ4v) is 3.26. The van der Waals surface area contributed by atoms with Crippen molar-refractivity contribution in [2.45, 2.75) is 32.0 Å². The Morgan fingerprint density at radius 1 is 1.29 bits per heavy atom. The third-order valence-corrected chi connectivity index (χ3v) is 4.73. The summed E-state index contributed by atoms with van der Waals surface area (Å²) < 4.78 is 0. The molecule has 0 radical (unpaired) electrons. The van der Waals surface area contributed by atoms with Gasteiger partial charge in [-0.2, -0.15) is 10.1 Å². The van der Waals surface area contributed by atoms with E-state index in [9.17, 15) is 5.11 Å². The normalized spacial score (nSPS) is 18.8. The van der Waals surface area contributed by atoms with Crippen LogP contribution in [0, 0.1) is 6.92 Å². The zero-order valence-electron chi connectivity index (χ0n) is 15.8. The zero-order chi connectivity index (χ0) is 19.3. The number of aliphatic imine (C=N–C) groups is 1. The lowest BCUT2D eigenvalue weighted by Crippen LogP contribution is -2.46. The molecule has 1 unspecified atom stereocenters. The number of rotatable bonds is 7. The van der Waals surface area contributed by atoms with Gasteiger partial charge in [0.15, 0.2) is 5.82 Å². The first-order valence-electron chi connectivity index (χ1n) is 9.43. The zero-order valence-corrected chi connectivity index (χ0v) is 15.8. The van der Waals surface area contributed by atoms with Crippen molar-refractivity contribution in [1.29, 1.82) is 0 Å². The van der Waals surface area contributed by atoms with Crippen molar-refractivity contribution in [2.24, 2.45) is 4.99 Å². The molecule has 5 N–H and O–H groups in total. The van der Waals surface area contributed by atoms with Crippen LogP contribution < -0.4 is 16.0 Å². The second-order valence-electron chi connectivity index (χ2n) is 6.93. The molecule has 0 spiro atoms. The van der Waals surface area contributed by atoms with Gasteiger partial charge in [-0.15, -0.1) is 0 Å². The van der Waals surface area contributed by atoms with Crippen LogP contribution in [-0.2, 0) is 6.42 Å². The molecule has 4 rings (SSSR count). The topological polar surface area (TPSA) is 101 Å².